The second-order valence-corrected chi connectivity index (χ2v) is 18.2. The van der Waals surface area contributed by atoms with Gasteiger partial charge < -0.3 is 63.0 Å². The topological polar surface area (TPSA) is 146 Å². The molecule has 0 unspecified atom stereocenters. The minimum absolute atomic E-state index is 1.01. The van der Waals surface area contributed by atoms with Crippen LogP contribution >= 0.6 is 0 Å². The Kier molecular flexibility index (Phi) is 32.5. The van der Waals surface area contributed by atoms with E-state index in [2.05, 4.69) is 106 Å². The van der Waals surface area contributed by atoms with E-state index in [9.17, 15) is 0 Å². The molecule has 6 bridgehead atoms. The van der Waals surface area contributed by atoms with E-state index in [4.69, 9.17) is 0 Å². The maximum Gasteiger partial charge on any atom is 0.0110 e. The van der Waals surface area contributed by atoms with E-state index in [1.54, 1.807) is 0 Å². The van der Waals surface area contributed by atoms with Crippen molar-refractivity contribution < 1.29 is 0 Å². The highest BCUT2D eigenvalue weighted by molar-refractivity contribution is 4.77. The first-order chi connectivity index (χ1) is 30.6. The van der Waals surface area contributed by atoms with Crippen LogP contribution in [0.3, 0.4) is 0 Å². The lowest BCUT2D eigenvalue weighted by Gasteiger charge is -2.36. The minimum Gasteiger partial charge on any atom is -0.314 e. The van der Waals surface area contributed by atoms with Gasteiger partial charge in [0, 0.05) is 275 Å². The van der Waals surface area contributed by atoms with Gasteiger partial charge in [-0.1, -0.05) is 0 Å². The Morgan fingerprint density at radius 1 is 0.161 bits per heavy atom. The molecule has 0 aromatic carbocycles. The van der Waals surface area contributed by atoms with Gasteiger partial charge >= 0.3 is 0 Å². The average Bonchev–Trinajstić information content (AvgIpc) is 3.29. The monoisotopic (exact) mass is 881 g/mol. The molecule has 0 aromatic heterocycles. The second kappa shape index (κ2) is 37.4. The van der Waals surface area contributed by atoms with Gasteiger partial charge in [0.15, 0.2) is 0 Å². The highest BCUT2D eigenvalue weighted by Gasteiger charge is 2.19. The summed E-state index contributed by atoms with van der Waals surface area (Å²) in [4.78, 5) is 20.9. The van der Waals surface area contributed by atoms with Crippen LogP contribution in [0, 0.1) is 0 Å². The van der Waals surface area contributed by atoms with Crippen LogP contribution in [0.5, 0.6) is 0 Å². The van der Waals surface area contributed by atoms with Crippen molar-refractivity contribution in [3.63, 3.8) is 0 Å². The van der Waals surface area contributed by atoms with Gasteiger partial charge in [0.05, 0.1) is 0 Å². The van der Waals surface area contributed by atoms with Gasteiger partial charge in [0.2, 0.25) is 0 Å². The first kappa shape index (κ1) is 53.9. The third-order valence-electron chi connectivity index (χ3n) is 13.1. The van der Waals surface area contributed by atoms with Gasteiger partial charge in [-0.3, -0.25) is 29.4 Å². The molecule has 0 atom stereocenters. The number of hydrogen-bond acceptors (Lipinski definition) is 18. The Balaban J connectivity index is 1.01. The summed E-state index contributed by atoms with van der Waals surface area (Å²) in [6.07, 6.45) is 0. The minimum atomic E-state index is 1.01. The number of nitrogens with zero attached hydrogens (tertiary/aromatic N) is 8. The van der Waals surface area contributed by atoms with Crippen molar-refractivity contribution in [2.75, 3.05) is 289 Å². The summed E-state index contributed by atoms with van der Waals surface area (Å²) in [5.41, 5.74) is 0. The van der Waals surface area contributed by atoms with Crippen LogP contribution in [-0.4, -0.2) is 328 Å². The summed E-state index contributed by atoms with van der Waals surface area (Å²) in [7, 11) is 4.57. The number of rotatable bonds is 0. The molecule has 8 fully saturated rings. The lowest BCUT2D eigenvalue weighted by atomic mass is 10.3. The van der Waals surface area contributed by atoms with Crippen LogP contribution in [0.15, 0.2) is 0 Å². The molecule has 0 spiro atoms. The first-order valence-electron chi connectivity index (χ1n) is 25.4. The van der Waals surface area contributed by atoms with E-state index in [1.165, 1.54) is 111 Å². The van der Waals surface area contributed by atoms with E-state index in [0.717, 1.165) is 164 Å². The van der Waals surface area contributed by atoms with Gasteiger partial charge in [0.25, 0.3) is 0 Å². The van der Waals surface area contributed by atoms with Crippen molar-refractivity contribution in [2.24, 2.45) is 0 Å². The first-order valence-corrected chi connectivity index (χ1v) is 25.4. The zero-order valence-corrected chi connectivity index (χ0v) is 40.3. The zero-order chi connectivity index (χ0) is 43.4. The van der Waals surface area contributed by atoms with E-state index in [0.29, 0.717) is 0 Å². The Morgan fingerprint density at radius 2 is 0.306 bits per heavy atom. The van der Waals surface area contributed by atoms with E-state index < -0.39 is 0 Å². The molecule has 0 saturated carbocycles. The fraction of sp³-hybridized carbons (Fsp3) is 1.00. The summed E-state index contributed by atoms with van der Waals surface area (Å²) >= 11 is 0. The third kappa shape index (κ3) is 28.3. The van der Waals surface area contributed by atoms with Crippen LogP contribution in [0.25, 0.3) is 0 Å². The third-order valence-corrected chi connectivity index (χ3v) is 13.1. The molecule has 0 radical (unpaired) electrons. The summed E-state index contributed by atoms with van der Waals surface area (Å²) in [6.45, 7) is 46.6. The molecule has 366 valence electrons. The summed E-state index contributed by atoms with van der Waals surface area (Å²) in [5, 5.41) is 35.9. The van der Waals surface area contributed by atoms with E-state index in [1.807, 2.05) is 0 Å². The van der Waals surface area contributed by atoms with Crippen molar-refractivity contribution in [1.29, 1.82) is 0 Å². The molecule has 18 heteroatoms. The SMILES string of the molecule is CN1CCNCCNCCNCCNCCNCCNCCN2CCN(CCN(C)CCN3CCN(CCNCCNCCNCCNCCN4CCN(CC1)CC4)CC3)CC2. The summed E-state index contributed by atoms with van der Waals surface area (Å²) in [5.74, 6) is 0. The number of nitrogens with one attached hydrogen (secondary N) is 10. The summed E-state index contributed by atoms with van der Waals surface area (Å²) in [6, 6.07) is 0. The Bertz CT molecular complexity index is 980. The molecule has 10 N–H and O–H groups in total. The summed E-state index contributed by atoms with van der Waals surface area (Å²) < 4.78 is 0. The van der Waals surface area contributed by atoms with Crippen LogP contribution < -0.4 is 53.2 Å². The largest absolute Gasteiger partial charge is 0.314 e. The van der Waals surface area contributed by atoms with Gasteiger partial charge in [-0.2, -0.15) is 0 Å². The number of fused-ring (bicyclic) bond motifs is 1. The molecule has 8 aliphatic heterocycles. The predicted molar refractivity (Wildman–Crippen MR) is 262 cm³/mol. The number of hydrogen-bond donors (Lipinski definition) is 10. The van der Waals surface area contributed by atoms with Gasteiger partial charge in [-0.15, -0.1) is 0 Å². The predicted octanol–water partition coefficient (Wildman–Crippen LogP) is -5.39. The fourth-order valence-electron chi connectivity index (χ4n) is 8.52. The Morgan fingerprint density at radius 3 is 0.532 bits per heavy atom. The van der Waals surface area contributed by atoms with Crippen LogP contribution in [0.1, 0.15) is 0 Å². The Labute approximate surface area is 380 Å². The lowest BCUT2D eigenvalue weighted by Crippen LogP contribution is -2.51. The molecule has 0 aliphatic carbocycles. The quantitative estimate of drug-likeness (QED) is 0.113. The number of likely N-dealkylation sites (N-methyl/N-ethyl adjacent to an activating group) is 2. The fourth-order valence-corrected chi connectivity index (χ4v) is 8.52. The molecule has 62 heavy (non-hydrogen) atoms. The van der Waals surface area contributed by atoms with Crippen molar-refractivity contribution >= 4 is 0 Å². The van der Waals surface area contributed by atoms with Crippen molar-refractivity contribution in [3.05, 3.63) is 0 Å². The molecule has 8 aliphatic rings. The highest BCUT2D eigenvalue weighted by atomic mass is 15.3. The number of piperazine rings is 3. The second-order valence-electron chi connectivity index (χ2n) is 18.2. The van der Waals surface area contributed by atoms with E-state index in [-0.39, 0.29) is 0 Å². The molecule has 8 rings (SSSR count). The molecule has 0 amide bonds. The molecule has 8 saturated heterocycles. The van der Waals surface area contributed by atoms with Gasteiger partial charge in [0.1, 0.15) is 0 Å². The smallest absolute Gasteiger partial charge is 0.0110 e. The van der Waals surface area contributed by atoms with Crippen molar-refractivity contribution in [3.8, 4) is 0 Å². The van der Waals surface area contributed by atoms with Crippen molar-refractivity contribution in [1.82, 2.24) is 92.4 Å². The van der Waals surface area contributed by atoms with Crippen LogP contribution in [0.4, 0.5) is 0 Å². The maximum absolute atomic E-state index is 3.65. The average molecular weight is 881 g/mol. The molecule has 18 nitrogen and oxygen atoms in total. The lowest BCUT2D eigenvalue weighted by molar-refractivity contribution is 0.109. The maximum atomic E-state index is 3.65. The zero-order valence-electron chi connectivity index (χ0n) is 40.3. The van der Waals surface area contributed by atoms with Crippen LogP contribution in [0.2, 0.25) is 0 Å². The highest BCUT2D eigenvalue weighted by Crippen LogP contribution is 2.04. The van der Waals surface area contributed by atoms with Crippen LogP contribution in [-0.2, 0) is 0 Å². The Hall–Kier alpha value is -0.720. The van der Waals surface area contributed by atoms with E-state index >= 15 is 0 Å². The molecular weight excluding hydrogens is 781 g/mol. The molecule has 0 aromatic rings. The van der Waals surface area contributed by atoms with Gasteiger partial charge in [-0.25, -0.2) is 0 Å². The molecular formula is C44H100N18. The van der Waals surface area contributed by atoms with Gasteiger partial charge in [-0.05, 0) is 14.1 Å². The normalized spacial score (nSPS) is 32.4. The molecule has 8 heterocycles. The standard InChI is InChI=1S/C44H100N18/c1-55-23-19-51-15-11-47-7-5-45-3-4-46-6-8-48-12-16-52-21-25-58-35-41-61(42-36-58)31-28-56(2)29-32-62-43-37-59(38-44-62)26-22-54-18-14-50-10-9-49-13-17-53-20-24-57-33-39-60(30-27-55)40-34-57/h45-54H,3-44H2,1-2H3. The van der Waals surface area contributed by atoms with Crippen molar-refractivity contribution in [2.45, 2.75) is 0 Å².